The van der Waals surface area contributed by atoms with E-state index in [2.05, 4.69) is 20.3 Å². The molecule has 0 aliphatic carbocycles. The lowest BCUT2D eigenvalue weighted by Gasteiger charge is -2.30. The van der Waals surface area contributed by atoms with Crippen LogP contribution in [0, 0.1) is 0 Å². The molecule has 4 bridgehead atoms. The summed E-state index contributed by atoms with van der Waals surface area (Å²) in [6, 6.07) is -1.58. The molecule has 3 aromatic heterocycles. The largest absolute Gasteiger partial charge is 0.479 e. The second-order valence-corrected chi connectivity index (χ2v) is 9.20. The van der Waals surface area contributed by atoms with E-state index >= 15 is 0 Å². The Bertz CT molecular complexity index is 1250. The van der Waals surface area contributed by atoms with E-state index < -0.39 is 30.7 Å². The summed E-state index contributed by atoms with van der Waals surface area (Å²) in [6.45, 7) is 4.27. The number of fused-ring (bicyclic) bond motifs is 7. The van der Waals surface area contributed by atoms with E-state index in [4.69, 9.17) is 14.5 Å². The van der Waals surface area contributed by atoms with Crippen molar-refractivity contribution in [1.29, 1.82) is 0 Å². The van der Waals surface area contributed by atoms with Crippen LogP contribution in [0.5, 0.6) is 11.8 Å². The van der Waals surface area contributed by atoms with Gasteiger partial charge in [0, 0.05) is 37.6 Å². The summed E-state index contributed by atoms with van der Waals surface area (Å²) in [5.41, 5.74) is 1.83. The van der Waals surface area contributed by atoms with Crippen LogP contribution in [0.15, 0.2) is 24.8 Å². The van der Waals surface area contributed by atoms with Gasteiger partial charge in [-0.25, -0.2) is 24.7 Å². The average Bonchev–Trinajstić information content (AvgIpc) is 3.37. The van der Waals surface area contributed by atoms with Crippen LogP contribution in [0.25, 0.3) is 17.0 Å². The standard InChI is InChI=1S/C25H32F3N7O3/c1-4-35-16(2)18-14-30-22(37-3)20(32-18)19-15-34-12-11-29-21(34)23(33-19)38-13-7-5-6-8-17(31-24(35)36)9-10-25(26,27)28/h11-12,14-17H,4-10,13H2,1-3H3,(H,31,36)/t16-,17-/m1/s1. The predicted molar refractivity (Wildman–Crippen MR) is 133 cm³/mol. The fourth-order valence-corrected chi connectivity index (χ4v) is 4.50. The Balaban J connectivity index is 1.72. The van der Waals surface area contributed by atoms with Gasteiger partial charge in [0.05, 0.1) is 31.6 Å². The van der Waals surface area contributed by atoms with Crippen LogP contribution in [-0.4, -0.2) is 67.7 Å². The zero-order valence-corrected chi connectivity index (χ0v) is 21.7. The van der Waals surface area contributed by atoms with Gasteiger partial charge in [-0.2, -0.15) is 13.2 Å². The van der Waals surface area contributed by atoms with Crippen molar-refractivity contribution in [2.45, 2.75) is 70.6 Å². The van der Waals surface area contributed by atoms with Crippen molar-refractivity contribution in [1.82, 2.24) is 34.6 Å². The van der Waals surface area contributed by atoms with Gasteiger partial charge in [-0.05, 0) is 39.5 Å². The summed E-state index contributed by atoms with van der Waals surface area (Å²) in [7, 11) is 1.48. The summed E-state index contributed by atoms with van der Waals surface area (Å²) < 4.78 is 52.1. The molecule has 0 radical (unpaired) electrons. The van der Waals surface area contributed by atoms with Crippen LogP contribution >= 0.6 is 0 Å². The minimum atomic E-state index is -4.29. The minimum absolute atomic E-state index is 0.183. The van der Waals surface area contributed by atoms with Gasteiger partial charge in [-0.15, -0.1) is 0 Å². The maximum atomic E-state index is 13.2. The van der Waals surface area contributed by atoms with Crippen LogP contribution in [0.1, 0.15) is 64.1 Å². The molecule has 1 aliphatic heterocycles. The van der Waals surface area contributed by atoms with Crippen molar-refractivity contribution in [3.63, 3.8) is 0 Å². The first-order chi connectivity index (χ1) is 18.2. The summed E-state index contributed by atoms with van der Waals surface area (Å²) in [5.74, 6) is 0.575. The van der Waals surface area contributed by atoms with E-state index in [1.807, 2.05) is 0 Å². The number of rotatable bonds is 4. The third kappa shape index (κ3) is 6.43. The number of imidazole rings is 1. The molecule has 0 saturated heterocycles. The molecule has 13 heteroatoms. The van der Waals surface area contributed by atoms with E-state index in [1.54, 1.807) is 36.8 Å². The van der Waals surface area contributed by atoms with E-state index in [0.29, 0.717) is 61.0 Å². The second kappa shape index (κ2) is 11.8. The van der Waals surface area contributed by atoms with Gasteiger partial charge in [0.1, 0.15) is 5.69 Å². The highest BCUT2D eigenvalue weighted by Crippen LogP contribution is 2.31. The Morgan fingerprint density at radius 2 is 2.03 bits per heavy atom. The molecule has 0 spiro atoms. The minimum Gasteiger partial charge on any atom is -0.479 e. The van der Waals surface area contributed by atoms with Crippen LogP contribution < -0.4 is 14.8 Å². The zero-order valence-electron chi connectivity index (χ0n) is 21.7. The Hall–Kier alpha value is -3.64. The normalized spacial score (nSPS) is 19.5. The van der Waals surface area contributed by atoms with E-state index in [1.165, 1.54) is 18.2 Å². The molecular weight excluding hydrogens is 503 g/mol. The fraction of sp³-hybridized carbons (Fsp3) is 0.560. The highest BCUT2D eigenvalue weighted by Gasteiger charge is 2.30. The van der Waals surface area contributed by atoms with Gasteiger partial charge < -0.3 is 24.1 Å². The maximum Gasteiger partial charge on any atom is 0.389 e. The number of nitrogens with one attached hydrogen (secondary N) is 1. The van der Waals surface area contributed by atoms with Gasteiger partial charge in [0.2, 0.25) is 11.5 Å². The van der Waals surface area contributed by atoms with Crippen LogP contribution in [-0.2, 0) is 0 Å². The van der Waals surface area contributed by atoms with E-state index in [0.717, 1.165) is 6.42 Å². The Kier molecular flexibility index (Phi) is 8.52. The van der Waals surface area contributed by atoms with Gasteiger partial charge in [-0.1, -0.05) is 6.42 Å². The number of urea groups is 1. The Labute approximate surface area is 218 Å². The predicted octanol–water partition coefficient (Wildman–Crippen LogP) is 4.95. The molecule has 0 unspecified atom stereocenters. The van der Waals surface area contributed by atoms with Crippen LogP contribution in [0.2, 0.25) is 0 Å². The van der Waals surface area contributed by atoms with Gasteiger partial charge in [-0.3, -0.25) is 0 Å². The number of carbonyl (C=O) groups is 1. The first kappa shape index (κ1) is 27.4. The first-order valence-corrected chi connectivity index (χ1v) is 12.7. The number of halogens is 3. The smallest absolute Gasteiger partial charge is 0.389 e. The van der Waals surface area contributed by atoms with E-state index in [-0.39, 0.29) is 12.3 Å². The van der Waals surface area contributed by atoms with Crippen molar-refractivity contribution in [3.8, 4) is 23.1 Å². The second-order valence-electron chi connectivity index (χ2n) is 9.20. The molecule has 4 rings (SSSR count). The van der Waals surface area contributed by atoms with Gasteiger partial charge in [0.25, 0.3) is 5.88 Å². The molecular formula is C25H32F3N7O3. The molecule has 4 heterocycles. The van der Waals surface area contributed by atoms with E-state index in [9.17, 15) is 18.0 Å². The number of alkyl halides is 3. The van der Waals surface area contributed by atoms with Crippen LogP contribution in [0.4, 0.5) is 18.0 Å². The first-order valence-electron chi connectivity index (χ1n) is 12.7. The number of hydrogen-bond donors (Lipinski definition) is 1. The van der Waals surface area contributed by atoms with Crippen LogP contribution in [0.3, 0.4) is 0 Å². The highest BCUT2D eigenvalue weighted by molar-refractivity contribution is 5.75. The molecule has 3 aromatic rings. The number of hydrogen-bond acceptors (Lipinski definition) is 7. The van der Waals surface area contributed by atoms with Crippen molar-refractivity contribution in [2.24, 2.45) is 0 Å². The molecule has 1 N–H and O–H groups in total. The van der Waals surface area contributed by atoms with Gasteiger partial charge >= 0.3 is 12.2 Å². The number of nitrogens with zero attached hydrogens (tertiary/aromatic N) is 6. The monoisotopic (exact) mass is 535 g/mol. The Morgan fingerprint density at radius 1 is 1.21 bits per heavy atom. The van der Waals surface area contributed by atoms with Crippen molar-refractivity contribution in [2.75, 3.05) is 20.3 Å². The number of aromatic nitrogens is 5. The summed E-state index contributed by atoms with van der Waals surface area (Å²) >= 11 is 0. The highest BCUT2D eigenvalue weighted by atomic mass is 19.4. The van der Waals surface area contributed by atoms with Crippen molar-refractivity contribution < 1.29 is 27.4 Å². The molecule has 0 aromatic carbocycles. The lowest BCUT2D eigenvalue weighted by Crippen LogP contribution is -2.46. The van der Waals surface area contributed by atoms with Crippen molar-refractivity contribution in [3.05, 3.63) is 30.5 Å². The third-order valence-corrected chi connectivity index (χ3v) is 6.57. The molecule has 2 atom stereocenters. The number of carbonyl (C=O) groups excluding carboxylic acids is 1. The van der Waals surface area contributed by atoms with Gasteiger partial charge in [0.15, 0.2) is 5.69 Å². The molecule has 2 amide bonds. The molecule has 0 fully saturated rings. The number of methoxy groups -OCH3 is 1. The molecule has 10 nitrogen and oxygen atoms in total. The topological polar surface area (TPSA) is 107 Å². The average molecular weight is 536 g/mol. The summed E-state index contributed by atoms with van der Waals surface area (Å²) in [4.78, 5) is 32.9. The molecule has 206 valence electrons. The quantitative estimate of drug-likeness (QED) is 0.504. The maximum absolute atomic E-state index is 13.2. The SMILES string of the molecule is CCN1C(=O)N[C@@H](CCC(F)(F)F)CCCCCOc2nc(cn3ccnc23)-c2nc(cnc2OC)[C@H]1C. The van der Waals surface area contributed by atoms with Crippen molar-refractivity contribution >= 4 is 11.7 Å². The lowest BCUT2D eigenvalue weighted by atomic mass is 10.0. The molecule has 1 aliphatic rings. The zero-order chi connectivity index (χ0) is 27.3. The molecule has 0 saturated carbocycles. The molecule has 38 heavy (non-hydrogen) atoms. The number of ether oxygens (including phenoxy) is 2. The summed E-state index contributed by atoms with van der Waals surface area (Å²) in [6.07, 6.45) is 3.69. The third-order valence-electron chi connectivity index (χ3n) is 6.57. The Morgan fingerprint density at radius 3 is 2.76 bits per heavy atom. The summed E-state index contributed by atoms with van der Waals surface area (Å²) in [5, 5.41) is 2.83. The fourth-order valence-electron chi connectivity index (χ4n) is 4.50. The lowest BCUT2D eigenvalue weighted by molar-refractivity contribution is -0.136. The number of amides is 2.